The molecule has 108 valence electrons. The molecular weight excluding hydrogens is 266 g/mol. The highest BCUT2D eigenvalue weighted by molar-refractivity contribution is 5.36. The maximum atomic E-state index is 11.9. The maximum absolute atomic E-state index is 11.9. The Morgan fingerprint density at radius 2 is 2.10 bits per heavy atom. The van der Waals surface area contributed by atoms with Gasteiger partial charge >= 0.3 is 0 Å². The topological polar surface area (TPSA) is 66.3 Å². The van der Waals surface area contributed by atoms with Gasteiger partial charge in [-0.2, -0.15) is 0 Å². The molecule has 0 aliphatic heterocycles. The summed E-state index contributed by atoms with van der Waals surface area (Å²) in [6.07, 6.45) is 3.50. The number of H-pyrrole nitrogens is 1. The molecule has 21 heavy (non-hydrogen) atoms. The van der Waals surface area contributed by atoms with Gasteiger partial charge in [0.2, 0.25) is 0 Å². The van der Waals surface area contributed by atoms with Crippen molar-refractivity contribution in [2.45, 2.75) is 20.0 Å². The van der Waals surface area contributed by atoms with Crippen LogP contribution in [0.25, 0.3) is 5.65 Å². The van der Waals surface area contributed by atoms with Crippen LogP contribution in [0.5, 0.6) is 0 Å². The van der Waals surface area contributed by atoms with Gasteiger partial charge in [0.05, 0.1) is 11.4 Å². The predicted octanol–water partition coefficient (Wildman–Crippen LogP) is 1.44. The smallest absolute Gasteiger partial charge is 0.272 e. The molecule has 3 aromatic heterocycles. The zero-order valence-electron chi connectivity index (χ0n) is 11.9. The lowest BCUT2D eigenvalue weighted by Crippen LogP contribution is -2.25. The van der Waals surface area contributed by atoms with Crippen molar-refractivity contribution in [2.75, 3.05) is 6.54 Å². The monoisotopic (exact) mass is 283 g/mol. The summed E-state index contributed by atoms with van der Waals surface area (Å²) in [6.45, 7) is 4.32. The summed E-state index contributed by atoms with van der Waals surface area (Å²) in [4.78, 5) is 23.0. The molecule has 0 aromatic carbocycles. The molecule has 6 nitrogen and oxygen atoms in total. The summed E-state index contributed by atoms with van der Waals surface area (Å²) in [6, 6.07) is 9.25. The van der Waals surface area contributed by atoms with Crippen LogP contribution in [0, 0.1) is 0 Å². The number of aromatic nitrogens is 4. The van der Waals surface area contributed by atoms with Gasteiger partial charge in [0, 0.05) is 37.6 Å². The van der Waals surface area contributed by atoms with Gasteiger partial charge in [-0.3, -0.25) is 19.8 Å². The summed E-state index contributed by atoms with van der Waals surface area (Å²) < 4.78 is 1.43. The van der Waals surface area contributed by atoms with Crippen molar-refractivity contribution < 1.29 is 0 Å². The second-order valence-electron chi connectivity index (χ2n) is 4.87. The molecule has 0 aliphatic carbocycles. The lowest BCUT2D eigenvalue weighted by molar-refractivity contribution is 0.265. The molecule has 3 heterocycles. The highest BCUT2D eigenvalue weighted by atomic mass is 16.1. The van der Waals surface area contributed by atoms with Crippen LogP contribution in [0.2, 0.25) is 0 Å². The third-order valence-electron chi connectivity index (χ3n) is 3.38. The second-order valence-corrected chi connectivity index (χ2v) is 4.87. The molecule has 3 aromatic rings. The molecule has 0 bridgehead atoms. The molecule has 3 rings (SSSR count). The number of hydrogen-bond donors (Lipinski definition) is 1. The highest BCUT2D eigenvalue weighted by Gasteiger charge is 2.09. The first kappa shape index (κ1) is 13.5. The normalized spacial score (nSPS) is 11.3. The first-order valence-corrected chi connectivity index (χ1v) is 6.94. The third-order valence-corrected chi connectivity index (χ3v) is 3.38. The summed E-state index contributed by atoms with van der Waals surface area (Å²) in [5.74, 6) is 0. The average Bonchev–Trinajstić information content (AvgIpc) is 2.96. The summed E-state index contributed by atoms with van der Waals surface area (Å²) in [5.41, 5.74) is 2.34. The van der Waals surface area contributed by atoms with Gasteiger partial charge in [0.25, 0.3) is 5.56 Å². The molecule has 0 saturated carbocycles. The fourth-order valence-electron chi connectivity index (χ4n) is 2.29. The summed E-state index contributed by atoms with van der Waals surface area (Å²) >= 11 is 0. The lowest BCUT2D eigenvalue weighted by atomic mass is 10.3. The van der Waals surface area contributed by atoms with Gasteiger partial charge in [0.1, 0.15) is 0 Å². The van der Waals surface area contributed by atoms with E-state index in [0.717, 1.165) is 24.5 Å². The average molecular weight is 283 g/mol. The van der Waals surface area contributed by atoms with E-state index in [1.807, 2.05) is 18.2 Å². The highest BCUT2D eigenvalue weighted by Crippen LogP contribution is 2.06. The number of aromatic amines is 1. The van der Waals surface area contributed by atoms with Crippen molar-refractivity contribution in [2.24, 2.45) is 0 Å². The van der Waals surface area contributed by atoms with Crippen molar-refractivity contribution in [3.63, 3.8) is 0 Å². The van der Waals surface area contributed by atoms with E-state index in [0.29, 0.717) is 12.2 Å². The van der Waals surface area contributed by atoms with Crippen LogP contribution < -0.4 is 5.56 Å². The molecule has 0 radical (unpaired) electrons. The van der Waals surface area contributed by atoms with E-state index in [9.17, 15) is 4.79 Å². The van der Waals surface area contributed by atoms with E-state index in [1.54, 1.807) is 24.5 Å². The van der Waals surface area contributed by atoms with Crippen molar-refractivity contribution in [3.05, 3.63) is 64.5 Å². The van der Waals surface area contributed by atoms with E-state index in [-0.39, 0.29) is 5.56 Å². The minimum Gasteiger partial charge on any atom is -0.297 e. The molecule has 6 heteroatoms. The molecule has 0 unspecified atom stereocenters. The SMILES string of the molecule is CCN(Cc1ccccn1)Cc1cc(=O)n2[nH]ccc2n1. The largest absolute Gasteiger partial charge is 0.297 e. The van der Waals surface area contributed by atoms with Crippen LogP contribution >= 0.6 is 0 Å². The second kappa shape index (κ2) is 5.88. The standard InChI is InChI=1S/C15H17N5O/c1-2-19(10-12-5-3-4-7-16-12)11-13-9-15(21)20-14(18-13)6-8-17-20/h3-9,17H,2,10-11H2,1H3. The third kappa shape index (κ3) is 3.00. The Balaban J connectivity index is 1.80. The Bertz CT molecular complexity index is 777. The minimum absolute atomic E-state index is 0.0890. The molecular formula is C15H17N5O. The first-order chi connectivity index (χ1) is 10.3. The quantitative estimate of drug-likeness (QED) is 0.769. The Hall–Kier alpha value is -2.47. The van der Waals surface area contributed by atoms with Crippen LogP contribution in [0.4, 0.5) is 0 Å². The van der Waals surface area contributed by atoms with Crippen LogP contribution in [0.15, 0.2) is 47.5 Å². The Morgan fingerprint density at radius 3 is 2.86 bits per heavy atom. The van der Waals surface area contributed by atoms with Gasteiger partial charge in [-0.1, -0.05) is 13.0 Å². The first-order valence-electron chi connectivity index (χ1n) is 6.94. The molecule has 0 spiro atoms. The van der Waals surface area contributed by atoms with Gasteiger partial charge in [-0.05, 0) is 18.7 Å². The molecule has 1 N–H and O–H groups in total. The van der Waals surface area contributed by atoms with Crippen LogP contribution in [0.1, 0.15) is 18.3 Å². The Kier molecular flexibility index (Phi) is 3.79. The number of rotatable bonds is 5. The Labute approximate surface area is 122 Å². The van der Waals surface area contributed by atoms with E-state index < -0.39 is 0 Å². The van der Waals surface area contributed by atoms with E-state index in [1.165, 1.54) is 4.52 Å². The fourth-order valence-corrected chi connectivity index (χ4v) is 2.29. The number of hydrogen-bond acceptors (Lipinski definition) is 4. The number of nitrogens with zero attached hydrogens (tertiary/aromatic N) is 4. The minimum atomic E-state index is -0.0890. The number of fused-ring (bicyclic) bond motifs is 1. The fraction of sp³-hybridized carbons (Fsp3) is 0.267. The van der Waals surface area contributed by atoms with Crippen LogP contribution in [0.3, 0.4) is 0 Å². The zero-order valence-corrected chi connectivity index (χ0v) is 11.9. The maximum Gasteiger partial charge on any atom is 0.272 e. The lowest BCUT2D eigenvalue weighted by Gasteiger charge is -2.19. The van der Waals surface area contributed by atoms with Crippen LogP contribution in [-0.4, -0.2) is 31.0 Å². The summed E-state index contributed by atoms with van der Waals surface area (Å²) in [5, 5.41) is 2.84. The molecule has 0 fully saturated rings. The molecule has 0 atom stereocenters. The van der Waals surface area contributed by atoms with E-state index in [4.69, 9.17) is 0 Å². The Morgan fingerprint density at radius 1 is 1.24 bits per heavy atom. The number of nitrogens with one attached hydrogen (secondary N) is 1. The summed E-state index contributed by atoms with van der Waals surface area (Å²) in [7, 11) is 0. The van der Waals surface area contributed by atoms with Crippen molar-refractivity contribution in [3.8, 4) is 0 Å². The molecule has 0 amide bonds. The zero-order chi connectivity index (χ0) is 14.7. The van der Waals surface area contributed by atoms with E-state index in [2.05, 4.69) is 26.9 Å². The predicted molar refractivity (Wildman–Crippen MR) is 79.8 cm³/mol. The number of pyridine rings is 1. The van der Waals surface area contributed by atoms with Crippen LogP contribution in [-0.2, 0) is 13.1 Å². The van der Waals surface area contributed by atoms with Crippen molar-refractivity contribution in [1.82, 2.24) is 24.5 Å². The van der Waals surface area contributed by atoms with Gasteiger partial charge in [0.15, 0.2) is 5.65 Å². The van der Waals surface area contributed by atoms with Crippen molar-refractivity contribution in [1.29, 1.82) is 0 Å². The van der Waals surface area contributed by atoms with E-state index >= 15 is 0 Å². The van der Waals surface area contributed by atoms with Gasteiger partial charge < -0.3 is 0 Å². The molecule has 0 saturated heterocycles. The molecule has 0 aliphatic rings. The van der Waals surface area contributed by atoms with Gasteiger partial charge in [-0.15, -0.1) is 0 Å². The van der Waals surface area contributed by atoms with Crippen molar-refractivity contribution >= 4 is 5.65 Å². The van der Waals surface area contributed by atoms with Gasteiger partial charge in [-0.25, -0.2) is 9.50 Å².